The Balaban J connectivity index is 1.36. The van der Waals surface area contributed by atoms with Crippen molar-refractivity contribution in [2.75, 3.05) is 13.1 Å². The number of carbonyl (C=O) groups excluding carboxylic acids is 1. The van der Waals surface area contributed by atoms with Crippen LogP contribution in [0.4, 0.5) is 0 Å². The third-order valence-corrected chi connectivity index (χ3v) is 5.57. The monoisotopic (exact) mass is 441 g/mol. The quantitative estimate of drug-likeness (QED) is 0.542. The van der Waals surface area contributed by atoms with Gasteiger partial charge in [0.25, 0.3) is 0 Å². The molecule has 1 aromatic carbocycles. The zero-order chi connectivity index (χ0) is 21.8. The molecule has 1 aliphatic rings. The van der Waals surface area contributed by atoms with Gasteiger partial charge in [-0.25, -0.2) is 0 Å². The van der Waals surface area contributed by atoms with Crippen molar-refractivity contribution in [1.29, 1.82) is 0 Å². The first-order valence-electron chi connectivity index (χ1n) is 10.2. The molecule has 0 radical (unpaired) electrons. The molecule has 162 valence electrons. The van der Waals surface area contributed by atoms with E-state index in [0.717, 1.165) is 30.4 Å². The summed E-state index contributed by atoms with van der Waals surface area (Å²) in [7, 11) is 0. The molecule has 0 aliphatic carbocycles. The minimum absolute atomic E-state index is 0.00673. The first kappa shape index (κ1) is 21.2. The normalized spacial score (nSPS) is 15.1. The molecule has 3 aromatic rings. The van der Waals surface area contributed by atoms with Gasteiger partial charge in [-0.3, -0.25) is 4.79 Å². The van der Waals surface area contributed by atoms with Crippen molar-refractivity contribution < 1.29 is 9.21 Å². The maximum absolute atomic E-state index is 12.7. The van der Waals surface area contributed by atoms with Crippen LogP contribution in [-0.2, 0) is 17.8 Å². The molecule has 3 heterocycles. The highest BCUT2D eigenvalue weighted by atomic mass is 35.5. The summed E-state index contributed by atoms with van der Waals surface area (Å²) < 4.78 is 5.47. The van der Waals surface area contributed by atoms with Crippen molar-refractivity contribution >= 4 is 23.6 Å². The summed E-state index contributed by atoms with van der Waals surface area (Å²) in [5, 5.41) is 20.7. The van der Waals surface area contributed by atoms with Crippen molar-refractivity contribution in [3.05, 3.63) is 58.0 Å². The lowest BCUT2D eigenvalue weighted by Gasteiger charge is -2.30. The van der Waals surface area contributed by atoms with Crippen molar-refractivity contribution in [3.8, 4) is 0 Å². The second kappa shape index (κ2) is 9.38. The molecule has 0 saturated carbocycles. The first-order chi connectivity index (χ1) is 15.0. The fourth-order valence-electron chi connectivity index (χ4n) is 3.70. The maximum atomic E-state index is 12.7. The van der Waals surface area contributed by atoms with Crippen LogP contribution in [0.1, 0.15) is 41.6 Å². The van der Waals surface area contributed by atoms with E-state index < -0.39 is 0 Å². The van der Waals surface area contributed by atoms with Crippen LogP contribution in [0.5, 0.6) is 0 Å². The molecule has 1 aliphatic heterocycles. The van der Waals surface area contributed by atoms with E-state index in [2.05, 4.69) is 25.6 Å². The average molecular weight is 442 g/mol. The highest BCUT2D eigenvalue weighted by molar-refractivity contribution is 6.30. The zero-order valence-electron chi connectivity index (χ0n) is 17.5. The fraction of sp³-hybridized carbons (Fsp3) is 0.429. The molecule has 0 unspecified atom stereocenters. The number of aryl methyl sites for hydroxylation is 2. The number of carbonyl (C=O) groups is 1. The van der Waals surface area contributed by atoms with Gasteiger partial charge in [-0.2, -0.15) is 4.80 Å². The number of rotatable bonds is 6. The summed E-state index contributed by atoms with van der Waals surface area (Å²) in [6.07, 6.45) is 6.01. The summed E-state index contributed by atoms with van der Waals surface area (Å²) in [5.41, 5.74) is 1.82. The van der Waals surface area contributed by atoms with Gasteiger partial charge in [0.1, 0.15) is 0 Å². The molecule has 9 nitrogen and oxygen atoms in total. The molecule has 2 aromatic heterocycles. The topological polar surface area (TPSA) is 103 Å². The molecule has 1 fully saturated rings. The van der Waals surface area contributed by atoms with Crippen molar-refractivity contribution in [3.63, 3.8) is 0 Å². The van der Waals surface area contributed by atoms with Gasteiger partial charge in [0.05, 0.1) is 6.54 Å². The van der Waals surface area contributed by atoms with Gasteiger partial charge < -0.3 is 9.32 Å². The Morgan fingerprint density at radius 3 is 2.71 bits per heavy atom. The highest BCUT2D eigenvalue weighted by Crippen LogP contribution is 2.22. The van der Waals surface area contributed by atoms with Gasteiger partial charge in [-0.1, -0.05) is 17.7 Å². The number of benzene rings is 1. The number of amides is 1. The van der Waals surface area contributed by atoms with Crippen LogP contribution in [0, 0.1) is 19.8 Å². The van der Waals surface area contributed by atoms with Crippen LogP contribution in [-0.4, -0.2) is 54.3 Å². The van der Waals surface area contributed by atoms with Crippen molar-refractivity contribution in [1.82, 2.24) is 35.3 Å². The van der Waals surface area contributed by atoms with Gasteiger partial charge in [0.2, 0.25) is 17.7 Å². The van der Waals surface area contributed by atoms with Gasteiger partial charge in [-0.05, 0) is 60.2 Å². The van der Waals surface area contributed by atoms with E-state index in [0.29, 0.717) is 48.2 Å². The SMILES string of the molecule is Cc1nnn(Cc2ccc(Cl)cc2/C=C/C(=O)N2CCC(Cc3nnc(C)o3)CC2)n1. The Bertz CT molecular complexity index is 1080. The summed E-state index contributed by atoms with van der Waals surface area (Å²) in [4.78, 5) is 16.1. The summed E-state index contributed by atoms with van der Waals surface area (Å²) >= 11 is 6.18. The van der Waals surface area contributed by atoms with E-state index in [9.17, 15) is 4.79 Å². The maximum Gasteiger partial charge on any atom is 0.246 e. The largest absolute Gasteiger partial charge is 0.426 e. The predicted molar refractivity (Wildman–Crippen MR) is 114 cm³/mol. The lowest BCUT2D eigenvalue weighted by atomic mass is 9.93. The van der Waals surface area contributed by atoms with Crippen molar-refractivity contribution in [2.24, 2.45) is 5.92 Å². The molecular formula is C21H24ClN7O2. The average Bonchev–Trinajstić information content (AvgIpc) is 3.36. The number of likely N-dealkylation sites (tertiary alicyclic amines) is 1. The molecule has 0 bridgehead atoms. The van der Waals surface area contributed by atoms with Crippen LogP contribution in [0.3, 0.4) is 0 Å². The van der Waals surface area contributed by atoms with E-state index >= 15 is 0 Å². The van der Waals surface area contributed by atoms with E-state index in [1.54, 1.807) is 26.0 Å². The van der Waals surface area contributed by atoms with E-state index in [-0.39, 0.29) is 5.91 Å². The lowest BCUT2D eigenvalue weighted by Crippen LogP contribution is -2.38. The molecule has 4 rings (SSSR count). The van der Waals surface area contributed by atoms with Crippen LogP contribution >= 0.6 is 11.6 Å². The number of aromatic nitrogens is 6. The van der Waals surface area contributed by atoms with Gasteiger partial charge in [0, 0.05) is 37.5 Å². The summed E-state index contributed by atoms with van der Waals surface area (Å²) in [5.74, 6) is 2.31. The molecule has 31 heavy (non-hydrogen) atoms. The van der Waals surface area contributed by atoms with Gasteiger partial charge in [0.15, 0.2) is 5.82 Å². The second-order valence-corrected chi connectivity index (χ2v) is 8.17. The smallest absolute Gasteiger partial charge is 0.246 e. The van der Waals surface area contributed by atoms with Crippen LogP contribution in [0.15, 0.2) is 28.7 Å². The number of hydrogen-bond donors (Lipinski definition) is 0. The molecule has 0 N–H and O–H groups in total. The zero-order valence-corrected chi connectivity index (χ0v) is 18.3. The predicted octanol–water partition coefficient (Wildman–Crippen LogP) is 2.87. The molecule has 1 saturated heterocycles. The summed E-state index contributed by atoms with van der Waals surface area (Å²) in [6, 6.07) is 5.56. The molecule has 10 heteroatoms. The number of piperidine rings is 1. The van der Waals surface area contributed by atoms with Gasteiger partial charge >= 0.3 is 0 Å². The number of tetrazole rings is 1. The molecule has 0 spiro atoms. The first-order valence-corrected chi connectivity index (χ1v) is 10.6. The number of hydrogen-bond acceptors (Lipinski definition) is 7. The fourth-order valence-corrected chi connectivity index (χ4v) is 3.88. The minimum atomic E-state index is -0.00673. The Kier molecular flexibility index (Phi) is 6.41. The third kappa shape index (κ3) is 5.55. The minimum Gasteiger partial charge on any atom is -0.426 e. The number of halogens is 1. The third-order valence-electron chi connectivity index (χ3n) is 5.34. The van der Waals surface area contributed by atoms with Crippen LogP contribution in [0.25, 0.3) is 6.08 Å². The summed E-state index contributed by atoms with van der Waals surface area (Å²) in [6.45, 7) is 5.46. The van der Waals surface area contributed by atoms with Crippen molar-refractivity contribution in [2.45, 2.75) is 39.7 Å². The second-order valence-electron chi connectivity index (χ2n) is 7.73. The van der Waals surface area contributed by atoms with Crippen LogP contribution in [0.2, 0.25) is 5.02 Å². The van der Waals surface area contributed by atoms with E-state index in [1.165, 1.54) is 4.80 Å². The Morgan fingerprint density at radius 2 is 2.03 bits per heavy atom. The molecule has 0 atom stereocenters. The lowest BCUT2D eigenvalue weighted by molar-refractivity contribution is -0.127. The van der Waals surface area contributed by atoms with E-state index in [1.807, 2.05) is 23.1 Å². The molecular weight excluding hydrogens is 418 g/mol. The van der Waals surface area contributed by atoms with Crippen LogP contribution < -0.4 is 0 Å². The van der Waals surface area contributed by atoms with Gasteiger partial charge in [-0.15, -0.1) is 20.4 Å². The Labute approximate surface area is 185 Å². The Hall–Kier alpha value is -3.07. The highest BCUT2D eigenvalue weighted by Gasteiger charge is 2.23. The molecule has 1 amide bonds. The van der Waals surface area contributed by atoms with E-state index in [4.69, 9.17) is 16.0 Å². The number of nitrogens with zero attached hydrogens (tertiary/aromatic N) is 7. The standard InChI is InChI=1S/C21H24ClN7O2/c1-14-23-27-29(26-14)13-18-3-5-19(22)12-17(18)4-6-21(30)28-9-7-16(8-10-28)11-20-25-24-15(2)31-20/h3-6,12,16H,7-11,13H2,1-2H3/b6-4+. The Morgan fingerprint density at radius 1 is 1.23 bits per heavy atom.